The molecule has 0 fully saturated rings. The largest absolute Gasteiger partial charge is 0.441 e. The van der Waals surface area contributed by atoms with E-state index in [9.17, 15) is 14.4 Å². The minimum atomic E-state index is 0.418. The molecule has 6 N–H and O–H groups in total. The molecule has 6 aromatic rings. The van der Waals surface area contributed by atoms with Crippen molar-refractivity contribution in [3.05, 3.63) is 83.3 Å². The molecule has 0 aliphatic carbocycles. The van der Waals surface area contributed by atoms with Crippen LogP contribution in [0.1, 0.15) is 47.9 Å². The summed E-state index contributed by atoms with van der Waals surface area (Å²) in [6, 6.07) is 12.6. The monoisotopic (exact) mass is 925 g/mol. The number of anilines is 2. The molecular formula is C47H68N14O6. The second-order valence-corrected chi connectivity index (χ2v) is 15.5. The third-order valence-electron chi connectivity index (χ3n) is 10.1. The minimum Gasteiger partial charge on any atom is -0.441 e. The summed E-state index contributed by atoms with van der Waals surface area (Å²) in [4.78, 5) is 55.7. The van der Waals surface area contributed by atoms with E-state index in [1.54, 1.807) is 7.05 Å². The van der Waals surface area contributed by atoms with Crippen LogP contribution >= 0.6 is 0 Å². The number of aldehydes is 2. The average Bonchev–Trinajstić information content (AvgIpc) is 3.90. The van der Waals surface area contributed by atoms with Crippen LogP contribution in [-0.2, 0) is 49.9 Å². The van der Waals surface area contributed by atoms with Gasteiger partial charge in [0.2, 0.25) is 12.4 Å². The predicted molar refractivity (Wildman–Crippen MR) is 261 cm³/mol. The zero-order chi connectivity index (χ0) is 48.2. The van der Waals surface area contributed by atoms with Crippen molar-refractivity contribution in [2.75, 3.05) is 105 Å². The van der Waals surface area contributed by atoms with Crippen molar-refractivity contribution >= 4 is 52.9 Å². The van der Waals surface area contributed by atoms with Gasteiger partial charge in [0.1, 0.15) is 35.9 Å². The summed E-state index contributed by atoms with van der Waals surface area (Å²) in [5, 5.41) is 17.0. The highest BCUT2D eigenvalue weighted by Gasteiger charge is 2.20. The molecule has 362 valence electrons. The van der Waals surface area contributed by atoms with Gasteiger partial charge >= 0.3 is 0 Å². The average molecular weight is 925 g/mol. The molecule has 1 aliphatic heterocycles. The SMILES string of the molecule is CCCN(CCNC=O)c1ncc(CNC)cn1.CNCC=O.CNCCOCCOCCC=O.Cc1nc2cc(-c3nn(Cc4ccc5c(c4)CCN(C)C5)c4ncnc(N)c34)ccc2o1. The fraction of sp³-hybridized carbons (Fsp3) is 0.468. The van der Waals surface area contributed by atoms with Gasteiger partial charge in [-0.1, -0.05) is 25.1 Å². The summed E-state index contributed by atoms with van der Waals surface area (Å²) in [5.74, 6) is 1.76. The molecule has 0 atom stereocenters. The van der Waals surface area contributed by atoms with Gasteiger partial charge in [-0.15, -0.1) is 0 Å². The second-order valence-electron chi connectivity index (χ2n) is 15.5. The Labute approximate surface area is 392 Å². The van der Waals surface area contributed by atoms with Gasteiger partial charge in [-0.25, -0.2) is 29.6 Å². The highest BCUT2D eigenvalue weighted by molar-refractivity contribution is 5.99. The Bertz CT molecular complexity index is 2370. The molecule has 4 aromatic heterocycles. The molecule has 1 amide bonds. The molecule has 20 nitrogen and oxygen atoms in total. The standard InChI is InChI=1S/C24H23N7O.C12H21N5O.C8H17NO3.C3H7NO/c1-14-28-19-10-17(5-6-20(19)32-14)22-21-23(25)26-13-27-24(21)31(29-22)11-15-3-4-18-12-30(2)8-7-16(18)9-15;1-3-5-17(6-4-14-10-18)12-15-8-11(7-13-2)9-16-12;1-9-3-6-12-8-7-11-5-2-4-10;1-4-2-3-5/h3-6,9-10,13H,7-8,11-12H2,1-2H3,(H2,25,26,27);8-10,13H,3-7H2,1-2H3,(H,14,18);4,9H,2-3,5-8H2,1H3;3-4H,2H2,1H3. The van der Waals surface area contributed by atoms with Crippen LogP contribution < -0.4 is 31.9 Å². The van der Waals surface area contributed by atoms with E-state index in [2.05, 4.69) is 88.2 Å². The van der Waals surface area contributed by atoms with E-state index in [1.807, 2.05) is 56.3 Å². The number of fused-ring (bicyclic) bond motifs is 3. The first kappa shape index (κ1) is 53.3. The van der Waals surface area contributed by atoms with Gasteiger partial charge in [0.15, 0.2) is 17.1 Å². The van der Waals surface area contributed by atoms with Crippen molar-refractivity contribution in [3.8, 4) is 11.3 Å². The number of aromatic nitrogens is 7. The third-order valence-corrected chi connectivity index (χ3v) is 10.1. The third kappa shape index (κ3) is 17.5. The number of nitrogens with zero attached hydrogens (tertiary/aromatic N) is 9. The molecule has 0 saturated heterocycles. The lowest BCUT2D eigenvalue weighted by atomic mass is 9.97. The van der Waals surface area contributed by atoms with Gasteiger partial charge in [-0.2, -0.15) is 5.10 Å². The maximum atomic E-state index is 10.2. The maximum absolute atomic E-state index is 10.2. The number of carbonyl (C=O) groups is 3. The Morgan fingerprint density at radius 3 is 2.34 bits per heavy atom. The molecule has 20 heteroatoms. The normalized spacial score (nSPS) is 11.9. The van der Waals surface area contributed by atoms with E-state index in [0.717, 1.165) is 104 Å². The second kappa shape index (κ2) is 30.1. The minimum absolute atomic E-state index is 0.418. The first-order valence-corrected chi connectivity index (χ1v) is 22.5. The number of nitrogens with one attached hydrogen (secondary N) is 4. The van der Waals surface area contributed by atoms with Crippen LogP contribution in [-0.4, -0.2) is 152 Å². The first-order valence-electron chi connectivity index (χ1n) is 22.5. The lowest BCUT2D eigenvalue weighted by Crippen LogP contribution is -2.33. The van der Waals surface area contributed by atoms with E-state index >= 15 is 0 Å². The lowest BCUT2D eigenvalue weighted by molar-refractivity contribution is -0.110. The summed E-state index contributed by atoms with van der Waals surface area (Å²) in [7, 11) is 7.66. The maximum Gasteiger partial charge on any atom is 0.225 e. The Morgan fingerprint density at radius 1 is 0.866 bits per heavy atom. The van der Waals surface area contributed by atoms with Crippen LogP contribution in [0.2, 0.25) is 0 Å². The molecule has 0 radical (unpaired) electrons. The number of ether oxygens (including phenoxy) is 2. The summed E-state index contributed by atoms with van der Waals surface area (Å²) < 4.78 is 17.8. The molecule has 7 rings (SSSR count). The van der Waals surface area contributed by atoms with Gasteiger partial charge in [-0.05, 0) is 75.9 Å². The quantitative estimate of drug-likeness (QED) is 0.0458. The number of rotatable bonds is 23. The Kier molecular flexibility index (Phi) is 23.9. The molecule has 0 saturated carbocycles. The van der Waals surface area contributed by atoms with Crippen molar-refractivity contribution in [2.45, 2.75) is 52.7 Å². The molecule has 67 heavy (non-hydrogen) atoms. The Balaban J connectivity index is 0.000000236. The molecule has 0 unspecified atom stereocenters. The highest BCUT2D eigenvalue weighted by atomic mass is 16.5. The Hall–Kier alpha value is -6.29. The molecule has 5 heterocycles. The van der Waals surface area contributed by atoms with E-state index in [-0.39, 0.29) is 0 Å². The molecule has 0 bridgehead atoms. The smallest absolute Gasteiger partial charge is 0.225 e. The number of nitrogen functional groups attached to an aromatic ring is 1. The summed E-state index contributed by atoms with van der Waals surface area (Å²) in [6.07, 6.45) is 10.1. The highest BCUT2D eigenvalue weighted by Crippen LogP contribution is 2.32. The zero-order valence-corrected chi connectivity index (χ0v) is 39.8. The lowest BCUT2D eigenvalue weighted by Gasteiger charge is -2.25. The molecule has 0 spiro atoms. The zero-order valence-electron chi connectivity index (χ0n) is 39.8. The molecule has 2 aromatic carbocycles. The van der Waals surface area contributed by atoms with Crippen LogP contribution in [0, 0.1) is 6.92 Å². The van der Waals surface area contributed by atoms with Crippen molar-refractivity contribution in [1.82, 2.24) is 60.9 Å². The van der Waals surface area contributed by atoms with Gasteiger partial charge in [0.25, 0.3) is 0 Å². The number of oxazole rings is 1. The number of benzene rings is 2. The number of aryl methyl sites for hydroxylation is 1. The number of amides is 1. The van der Waals surface area contributed by atoms with Gasteiger partial charge < -0.3 is 60.3 Å². The predicted octanol–water partition coefficient (Wildman–Crippen LogP) is 2.95. The number of hydrogen-bond acceptors (Lipinski definition) is 18. The van der Waals surface area contributed by atoms with Crippen LogP contribution in [0.25, 0.3) is 33.4 Å². The topological polar surface area (TPSA) is 246 Å². The summed E-state index contributed by atoms with van der Waals surface area (Å²) >= 11 is 0. The summed E-state index contributed by atoms with van der Waals surface area (Å²) in [5.41, 5.74) is 15.3. The molecular weight excluding hydrogens is 857 g/mol. The van der Waals surface area contributed by atoms with Crippen LogP contribution in [0.4, 0.5) is 11.8 Å². The van der Waals surface area contributed by atoms with Crippen LogP contribution in [0.3, 0.4) is 0 Å². The fourth-order valence-electron chi connectivity index (χ4n) is 6.91. The number of likely N-dealkylation sites (N-methyl/N-ethyl adjacent to an activating group) is 3. The van der Waals surface area contributed by atoms with Crippen LogP contribution in [0.15, 0.2) is 59.5 Å². The van der Waals surface area contributed by atoms with Gasteiger partial charge in [-0.3, -0.25) is 4.79 Å². The number of nitrogens with two attached hydrogens (primary N) is 1. The van der Waals surface area contributed by atoms with Gasteiger partial charge in [0, 0.05) is 82.7 Å². The van der Waals surface area contributed by atoms with Crippen molar-refractivity contribution in [2.24, 2.45) is 0 Å². The van der Waals surface area contributed by atoms with Crippen molar-refractivity contribution < 1.29 is 28.3 Å². The van der Waals surface area contributed by atoms with Crippen LogP contribution in [0.5, 0.6) is 0 Å². The van der Waals surface area contributed by atoms with E-state index in [4.69, 9.17) is 24.7 Å². The Morgan fingerprint density at radius 2 is 1.66 bits per heavy atom. The van der Waals surface area contributed by atoms with E-state index in [0.29, 0.717) is 76.5 Å². The van der Waals surface area contributed by atoms with Crippen molar-refractivity contribution in [1.29, 1.82) is 0 Å². The van der Waals surface area contributed by atoms with Crippen molar-refractivity contribution in [3.63, 3.8) is 0 Å². The first-order chi connectivity index (χ1) is 32.7. The van der Waals surface area contributed by atoms with E-state index < -0.39 is 0 Å². The fourth-order valence-corrected chi connectivity index (χ4v) is 6.91. The van der Waals surface area contributed by atoms with Gasteiger partial charge in [0.05, 0.1) is 44.9 Å². The molecule has 1 aliphatic rings. The number of carbonyl (C=O) groups excluding carboxylic acids is 3. The van der Waals surface area contributed by atoms with E-state index in [1.165, 1.54) is 23.0 Å². The number of hydrogen-bond donors (Lipinski definition) is 5. The summed E-state index contributed by atoms with van der Waals surface area (Å²) in [6.45, 7) is 13.3.